The first-order chi connectivity index (χ1) is 13.6. The van der Waals surface area contributed by atoms with Crippen molar-refractivity contribution in [3.63, 3.8) is 0 Å². The molecule has 0 N–H and O–H groups in total. The second kappa shape index (κ2) is 7.45. The number of ketones is 2. The Balaban J connectivity index is 1.75. The molecule has 4 heteroatoms. The molecule has 0 fully saturated rings. The molecular weight excluding hydrogens is 350 g/mol. The van der Waals surface area contributed by atoms with Crippen LogP contribution in [0.15, 0.2) is 90.5 Å². The summed E-state index contributed by atoms with van der Waals surface area (Å²) < 4.78 is 0. The van der Waals surface area contributed by atoms with Crippen LogP contribution >= 0.6 is 0 Å². The maximum atomic E-state index is 13.1. The summed E-state index contributed by atoms with van der Waals surface area (Å²) in [5.74, 6) is -1.32. The number of benzene rings is 3. The Hall–Kier alpha value is -3.79. The zero-order chi connectivity index (χ0) is 19.5. The van der Waals surface area contributed by atoms with E-state index in [-0.39, 0.29) is 12.3 Å². The molecule has 0 unspecified atom stereocenters. The molecule has 0 spiro atoms. The van der Waals surface area contributed by atoms with Crippen molar-refractivity contribution in [2.45, 2.75) is 0 Å². The van der Waals surface area contributed by atoms with Crippen molar-refractivity contribution in [2.75, 3.05) is 11.4 Å². The number of para-hydroxylation sites is 1. The molecule has 0 saturated heterocycles. The van der Waals surface area contributed by atoms with Crippen LogP contribution in [0.5, 0.6) is 0 Å². The second-order valence-electron chi connectivity index (χ2n) is 6.51. The first-order valence-corrected chi connectivity index (χ1v) is 8.96. The van der Waals surface area contributed by atoms with E-state index in [1.165, 1.54) is 4.90 Å². The Morgan fingerprint density at radius 3 is 2.11 bits per heavy atom. The van der Waals surface area contributed by atoms with Gasteiger partial charge in [0.05, 0.1) is 17.8 Å². The van der Waals surface area contributed by atoms with Crippen LogP contribution in [0.3, 0.4) is 0 Å². The molecule has 1 aliphatic heterocycles. The summed E-state index contributed by atoms with van der Waals surface area (Å²) in [4.78, 5) is 39.4. The van der Waals surface area contributed by atoms with E-state index in [0.29, 0.717) is 22.4 Å². The highest BCUT2D eigenvalue weighted by molar-refractivity contribution is 6.52. The molecule has 4 rings (SSSR count). The van der Waals surface area contributed by atoms with E-state index >= 15 is 0 Å². The number of carbonyl (C=O) groups excluding carboxylic acids is 3. The lowest BCUT2D eigenvalue weighted by Crippen LogP contribution is -2.33. The zero-order valence-electron chi connectivity index (χ0n) is 15.0. The van der Waals surface area contributed by atoms with Crippen molar-refractivity contribution in [3.05, 3.63) is 107 Å². The molecular formula is C24H17NO3. The normalized spacial score (nSPS) is 13.6. The number of hydrogen-bond donors (Lipinski definition) is 0. The van der Waals surface area contributed by atoms with Gasteiger partial charge in [-0.15, -0.1) is 0 Å². The van der Waals surface area contributed by atoms with Gasteiger partial charge in [-0.3, -0.25) is 14.4 Å². The fourth-order valence-corrected chi connectivity index (χ4v) is 3.28. The minimum absolute atomic E-state index is 0.0320. The lowest BCUT2D eigenvalue weighted by atomic mass is 10.0. The predicted octanol–water partition coefficient (Wildman–Crippen LogP) is 4.18. The first kappa shape index (κ1) is 17.6. The number of Topliss-reactive ketones (excluding diaryl/α,β-unsaturated/α-hetero) is 2. The van der Waals surface area contributed by atoms with Gasteiger partial charge in [-0.2, -0.15) is 0 Å². The van der Waals surface area contributed by atoms with Crippen LogP contribution in [0.25, 0.3) is 6.08 Å². The van der Waals surface area contributed by atoms with Crippen LogP contribution in [0.4, 0.5) is 5.69 Å². The molecule has 0 atom stereocenters. The highest BCUT2D eigenvalue weighted by Crippen LogP contribution is 2.30. The SMILES string of the molecule is O=C(/C(=C/c1ccccc1)CN1C(=O)C(=O)c2ccccc21)c1ccccc1. The average Bonchev–Trinajstić information content (AvgIpc) is 2.99. The van der Waals surface area contributed by atoms with Crippen molar-refractivity contribution >= 4 is 29.2 Å². The van der Waals surface area contributed by atoms with Crippen molar-refractivity contribution < 1.29 is 14.4 Å². The van der Waals surface area contributed by atoms with Gasteiger partial charge in [-0.25, -0.2) is 0 Å². The van der Waals surface area contributed by atoms with E-state index in [0.717, 1.165) is 5.56 Å². The van der Waals surface area contributed by atoms with Crippen LogP contribution in [-0.2, 0) is 4.79 Å². The van der Waals surface area contributed by atoms with E-state index in [4.69, 9.17) is 0 Å². The Morgan fingerprint density at radius 2 is 1.39 bits per heavy atom. The van der Waals surface area contributed by atoms with Crippen LogP contribution in [-0.4, -0.2) is 24.0 Å². The molecule has 1 aliphatic rings. The van der Waals surface area contributed by atoms with Gasteiger partial charge >= 0.3 is 0 Å². The summed E-state index contributed by atoms with van der Waals surface area (Å²) in [6, 6.07) is 25.2. The molecule has 0 saturated carbocycles. The van der Waals surface area contributed by atoms with Crippen molar-refractivity contribution in [3.8, 4) is 0 Å². The van der Waals surface area contributed by atoms with Gasteiger partial charge in [0.15, 0.2) is 5.78 Å². The maximum absolute atomic E-state index is 13.1. The highest BCUT2D eigenvalue weighted by Gasteiger charge is 2.36. The minimum Gasteiger partial charge on any atom is -0.300 e. The molecule has 0 radical (unpaired) electrons. The number of amides is 1. The molecule has 0 aromatic heterocycles. The lowest BCUT2D eigenvalue weighted by molar-refractivity contribution is -0.114. The standard InChI is InChI=1S/C24H17NO3/c26-22(18-11-5-2-6-12-18)19(15-17-9-3-1-4-10-17)16-25-21-14-8-7-13-20(21)23(27)24(25)28/h1-15H,16H2/b19-15+. The van der Waals surface area contributed by atoms with Crippen molar-refractivity contribution in [1.82, 2.24) is 0 Å². The summed E-state index contributed by atoms with van der Waals surface area (Å²) in [6.07, 6.45) is 1.77. The van der Waals surface area contributed by atoms with Crippen LogP contribution < -0.4 is 4.90 Å². The summed E-state index contributed by atoms with van der Waals surface area (Å²) in [7, 11) is 0. The Morgan fingerprint density at radius 1 is 0.786 bits per heavy atom. The Labute approximate surface area is 162 Å². The minimum atomic E-state index is -0.610. The van der Waals surface area contributed by atoms with Gasteiger partial charge in [0.25, 0.3) is 11.7 Å². The van der Waals surface area contributed by atoms with E-state index in [1.54, 1.807) is 54.6 Å². The van der Waals surface area contributed by atoms with Crippen LogP contribution in [0, 0.1) is 0 Å². The van der Waals surface area contributed by atoms with Crippen molar-refractivity contribution in [1.29, 1.82) is 0 Å². The molecule has 3 aromatic carbocycles. The molecule has 0 bridgehead atoms. The summed E-state index contributed by atoms with van der Waals surface area (Å²) in [5.41, 5.74) is 2.75. The predicted molar refractivity (Wildman–Crippen MR) is 108 cm³/mol. The van der Waals surface area contributed by atoms with E-state index in [1.807, 2.05) is 36.4 Å². The summed E-state index contributed by atoms with van der Waals surface area (Å²) >= 11 is 0. The monoisotopic (exact) mass is 367 g/mol. The van der Waals surface area contributed by atoms with Crippen LogP contribution in [0.1, 0.15) is 26.3 Å². The number of hydrogen-bond acceptors (Lipinski definition) is 3. The van der Waals surface area contributed by atoms with Crippen LogP contribution in [0.2, 0.25) is 0 Å². The zero-order valence-corrected chi connectivity index (χ0v) is 15.0. The third kappa shape index (κ3) is 3.28. The van der Waals surface area contributed by atoms with Gasteiger partial charge in [0.1, 0.15) is 0 Å². The van der Waals surface area contributed by atoms with Gasteiger partial charge < -0.3 is 4.90 Å². The number of rotatable bonds is 5. The topological polar surface area (TPSA) is 54.5 Å². The van der Waals surface area contributed by atoms with Crippen molar-refractivity contribution in [2.24, 2.45) is 0 Å². The maximum Gasteiger partial charge on any atom is 0.299 e. The summed E-state index contributed by atoms with van der Waals surface area (Å²) in [5, 5.41) is 0. The van der Waals surface area contributed by atoms with Gasteiger partial charge in [0.2, 0.25) is 0 Å². The van der Waals surface area contributed by atoms with E-state index in [2.05, 4.69) is 0 Å². The fourth-order valence-electron chi connectivity index (χ4n) is 3.28. The van der Waals surface area contributed by atoms with E-state index in [9.17, 15) is 14.4 Å². The molecule has 28 heavy (non-hydrogen) atoms. The third-order valence-electron chi connectivity index (χ3n) is 4.68. The Bertz CT molecular complexity index is 1090. The first-order valence-electron chi connectivity index (χ1n) is 8.96. The molecule has 136 valence electrons. The molecule has 0 aliphatic carbocycles. The second-order valence-corrected chi connectivity index (χ2v) is 6.51. The lowest BCUT2D eigenvalue weighted by Gasteiger charge is -2.18. The van der Waals surface area contributed by atoms with Gasteiger partial charge in [-0.1, -0.05) is 72.8 Å². The average molecular weight is 367 g/mol. The number of fused-ring (bicyclic) bond motifs is 1. The number of nitrogens with zero attached hydrogens (tertiary/aromatic N) is 1. The smallest absolute Gasteiger partial charge is 0.299 e. The quantitative estimate of drug-likeness (QED) is 0.386. The highest BCUT2D eigenvalue weighted by atomic mass is 16.2. The van der Waals surface area contributed by atoms with Gasteiger partial charge in [-0.05, 0) is 23.8 Å². The molecule has 1 heterocycles. The van der Waals surface area contributed by atoms with E-state index < -0.39 is 11.7 Å². The number of anilines is 1. The van der Waals surface area contributed by atoms with Gasteiger partial charge in [0, 0.05) is 11.1 Å². The Kier molecular flexibility index (Phi) is 4.68. The summed E-state index contributed by atoms with van der Waals surface area (Å²) in [6.45, 7) is 0.0320. The largest absolute Gasteiger partial charge is 0.300 e. The molecule has 3 aromatic rings. The number of carbonyl (C=O) groups is 3. The molecule has 4 nitrogen and oxygen atoms in total. The third-order valence-corrected chi connectivity index (χ3v) is 4.68. The fraction of sp³-hybridized carbons (Fsp3) is 0.0417. The molecule has 1 amide bonds.